The van der Waals surface area contributed by atoms with Crippen molar-refractivity contribution in [3.8, 4) is 5.82 Å². The molecule has 2 heterocycles. The number of aromatic carboxylic acids is 1. The summed E-state index contributed by atoms with van der Waals surface area (Å²) < 4.78 is 1.44. The minimum absolute atomic E-state index is 0.0228. The van der Waals surface area contributed by atoms with Gasteiger partial charge < -0.3 is 5.11 Å². The highest BCUT2D eigenvalue weighted by Crippen LogP contribution is 2.27. The molecule has 94 valence electrons. The molecule has 7 heteroatoms. The van der Waals surface area contributed by atoms with Gasteiger partial charge in [0.2, 0.25) is 0 Å². The largest absolute Gasteiger partial charge is 0.478 e. The summed E-state index contributed by atoms with van der Waals surface area (Å²) in [6.07, 6.45) is 1.37. The van der Waals surface area contributed by atoms with Crippen LogP contribution in [0.15, 0.2) is 12.3 Å². The first-order chi connectivity index (χ1) is 8.43. The molecular formula is C11H9Cl2N3O2. The van der Waals surface area contributed by atoms with Crippen molar-refractivity contribution in [1.82, 2.24) is 14.8 Å². The molecule has 0 amide bonds. The fourth-order valence-corrected chi connectivity index (χ4v) is 1.97. The van der Waals surface area contributed by atoms with E-state index in [1.165, 1.54) is 16.9 Å². The third-order valence-corrected chi connectivity index (χ3v) is 3.42. The Morgan fingerprint density at radius 3 is 2.50 bits per heavy atom. The van der Waals surface area contributed by atoms with Crippen LogP contribution in [0.2, 0.25) is 10.0 Å². The third-order valence-electron chi connectivity index (χ3n) is 2.50. The molecule has 5 nitrogen and oxygen atoms in total. The molecule has 0 aliphatic carbocycles. The van der Waals surface area contributed by atoms with Gasteiger partial charge >= 0.3 is 5.97 Å². The van der Waals surface area contributed by atoms with Gasteiger partial charge in [-0.2, -0.15) is 5.10 Å². The van der Waals surface area contributed by atoms with Crippen molar-refractivity contribution < 1.29 is 9.90 Å². The summed E-state index contributed by atoms with van der Waals surface area (Å²) in [4.78, 5) is 15.0. The van der Waals surface area contributed by atoms with Gasteiger partial charge in [0.15, 0.2) is 5.82 Å². The standard InChI is InChI=1S/C11H9Cl2N3O2/c1-5-8(12)6(2)16(15-5)10-9(13)7(11(17)18)3-4-14-10/h3-4H,1-2H3,(H,17,18). The van der Waals surface area contributed by atoms with Crippen LogP contribution in [0.25, 0.3) is 5.82 Å². The number of aromatic nitrogens is 3. The van der Waals surface area contributed by atoms with Gasteiger partial charge in [0.25, 0.3) is 0 Å². The Balaban J connectivity index is 2.68. The summed E-state index contributed by atoms with van der Waals surface area (Å²) in [6, 6.07) is 1.33. The number of aryl methyl sites for hydroxylation is 1. The highest BCUT2D eigenvalue weighted by Gasteiger charge is 2.18. The van der Waals surface area contributed by atoms with Crippen molar-refractivity contribution in [2.45, 2.75) is 13.8 Å². The summed E-state index contributed by atoms with van der Waals surface area (Å²) in [5, 5.41) is 13.7. The lowest BCUT2D eigenvalue weighted by Crippen LogP contribution is -2.07. The Bertz CT molecular complexity index is 637. The van der Waals surface area contributed by atoms with Gasteiger partial charge in [0.1, 0.15) is 0 Å². The van der Waals surface area contributed by atoms with Gasteiger partial charge in [0, 0.05) is 6.20 Å². The average molecular weight is 286 g/mol. The van der Waals surface area contributed by atoms with Crippen molar-refractivity contribution in [3.05, 3.63) is 39.3 Å². The van der Waals surface area contributed by atoms with Crippen molar-refractivity contribution in [3.63, 3.8) is 0 Å². The third kappa shape index (κ3) is 1.95. The lowest BCUT2D eigenvalue weighted by molar-refractivity contribution is 0.0697. The van der Waals surface area contributed by atoms with Gasteiger partial charge in [-0.1, -0.05) is 23.2 Å². The molecule has 18 heavy (non-hydrogen) atoms. The first-order valence-corrected chi connectivity index (χ1v) is 5.79. The molecule has 0 fully saturated rings. The van der Waals surface area contributed by atoms with Crippen LogP contribution in [0.1, 0.15) is 21.7 Å². The van der Waals surface area contributed by atoms with Crippen LogP contribution in [0.5, 0.6) is 0 Å². The van der Waals surface area contributed by atoms with Crippen LogP contribution >= 0.6 is 23.2 Å². The number of rotatable bonds is 2. The van der Waals surface area contributed by atoms with Gasteiger partial charge in [-0.3, -0.25) is 0 Å². The molecule has 0 saturated heterocycles. The van der Waals surface area contributed by atoms with Crippen LogP contribution in [-0.4, -0.2) is 25.8 Å². The number of pyridine rings is 1. The van der Waals surface area contributed by atoms with Crippen molar-refractivity contribution in [1.29, 1.82) is 0 Å². The van der Waals surface area contributed by atoms with Crippen LogP contribution in [0, 0.1) is 13.8 Å². The minimum Gasteiger partial charge on any atom is -0.478 e. The molecule has 0 aromatic carbocycles. The fraction of sp³-hybridized carbons (Fsp3) is 0.182. The molecule has 0 atom stereocenters. The SMILES string of the molecule is Cc1nn(-c2nccc(C(=O)O)c2Cl)c(C)c1Cl. The molecular weight excluding hydrogens is 277 g/mol. The van der Waals surface area contributed by atoms with Gasteiger partial charge in [0.05, 0.1) is 27.0 Å². The number of hydrogen-bond acceptors (Lipinski definition) is 3. The van der Waals surface area contributed by atoms with Gasteiger partial charge in [-0.25, -0.2) is 14.5 Å². The van der Waals surface area contributed by atoms with Gasteiger partial charge in [-0.15, -0.1) is 0 Å². The Labute approximate surface area is 113 Å². The van der Waals surface area contributed by atoms with Crippen LogP contribution in [0.3, 0.4) is 0 Å². The lowest BCUT2D eigenvalue weighted by atomic mass is 10.2. The molecule has 0 spiro atoms. The predicted octanol–water partition coefficient (Wildman–Crippen LogP) is 2.89. The molecule has 0 aliphatic rings. The highest BCUT2D eigenvalue weighted by molar-refractivity contribution is 6.35. The number of hydrogen-bond donors (Lipinski definition) is 1. The molecule has 0 unspecified atom stereocenters. The maximum Gasteiger partial charge on any atom is 0.337 e. The molecule has 0 bridgehead atoms. The van der Waals surface area contributed by atoms with E-state index in [1.807, 2.05) is 0 Å². The van der Waals surface area contributed by atoms with Gasteiger partial charge in [-0.05, 0) is 19.9 Å². The molecule has 1 N–H and O–H groups in total. The second kappa shape index (κ2) is 4.59. The summed E-state index contributed by atoms with van der Waals surface area (Å²) in [5.74, 6) is -0.861. The topological polar surface area (TPSA) is 68.0 Å². The quantitative estimate of drug-likeness (QED) is 0.921. The summed E-state index contributed by atoms with van der Waals surface area (Å²) in [7, 11) is 0. The lowest BCUT2D eigenvalue weighted by Gasteiger charge is -2.07. The van der Waals surface area contributed by atoms with E-state index in [9.17, 15) is 4.79 Å². The molecule has 2 aromatic heterocycles. The first kappa shape index (κ1) is 12.9. The maximum absolute atomic E-state index is 11.0. The second-order valence-corrected chi connectivity index (χ2v) is 4.45. The Hall–Kier alpha value is -1.59. The smallest absolute Gasteiger partial charge is 0.337 e. The van der Waals surface area contributed by atoms with E-state index in [2.05, 4.69) is 10.1 Å². The summed E-state index contributed by atoms with van der Waals surface area (Å²) in [6.45, 7) is 3.51. The number of carboxylic acids is 1. The van der Waals surface area contributed by atoms with E-state index in [4.69, 9.17) is 28.3 Å². The molecule has 0 radical (unpaired) electrons. The Kier molecular flexibility index (Phi) is 3.28. The van der Waals surface area contributed by atoms with Crippen molar-refractivity contribution in [2.24, 2.45) is 0 Å². The molecule has 2 rings (SSSR count). The first-order valence-electron chi connectivity index (χ1n) is 5.03. The van der Waals surface area contributed by atoms with E-state index in [-0.39, 0.29) is 16.4 Å². The van der Waals surface area contributed by atoms with Crippen LogP contribution in [0.4, 0.5) is 0 Å². The highest BCUT2D eigenvalue weighted by atomic mass is 35.5. The van der Waals surface area contributed by atoms with Crippen LogP contribution in [-0.2, 0) is 0 Å². The normalized spacial score (nSPS) is 10.7. The summed E-state index contributed by atoms with van der Waals surface area (Å²) in [5.41, 5.74) is 1.27. The number of carboxylic acid groups (broad SMARTS) is 1. The van der Waals surface area contributed by atoms with E-state index < -0.39 is 5.97 Å². The molecule has 0 saturated carbocycles. The van der Waals surface area contributed by atoms with Crippen molar-refractivity contribution in [2.75, 3.05) is 0 Å². The molecule has 2 aromatic rings. The van der Waals surface area contributed by atoms with E-state index in [0.717, 1.165) is 0 Å². The zero-order chi connectivity index (χ0) is 13.4. The maximum atomic E-state index is 11.0. The number of nitrogens with zero attached hydrogens (tertiary/aromatic N) is 3. The Morgan fingerprint density at radius 2 is 2.00 bits per heavy atom. The van der Waals surface area contributed by atoms with Crippen LogP contribution < -0.4 is 0 Å². The average Bonchev–Trinajstić information content (AvgIpc) is 2.57. The molecule has 0 aliphatic heterocycles. The second-order valence-electron chi connectivity index (χ2n) is 3.70. The van der Waals surface area contributed by atoms with E-state index >= 15 is 0 Å². The van der Waals surface area contributed by atoms with E-state index in [1.54, 1.807) is 13.8 Å². The van der Waals surface area contributed by atoms with E-state index in [0.29, 0.717) is 16.4 Å². The predicted molar refractivity (Wildman–Crippen MR) is 67.8 cm³/mol. The Morgan fingerprint density at radius 1 is 1.33 bits per heavy atom. The zero-order valence-corrected chi connectivity index (χ0v) is 11.1. The van der Waals surface area contributed by atoms with Crippen molar-refractivity contribution >= 4 is 29.2 Å². The zero-order valence-electron chi connectivity index (χ0n) is 9.61. The fourth-order valence-electron chi connectivity index (χ4n) is 1.58. The monoisotopic (exact) mass is 285 g/mol. The summed E-state index contributed by atoms with van der Waals surface area (Å²) >= 11 is 12.1. The number of halogens is 2. The number of carbonyl (C=O) groups is 1. The minimum atomic E-state index is -1.11.